The summed E-state index contributed by atoms with van der Waals surface area (Å²) in [6.07, 6.45) is 4.01. The molecule has 1 aromatic carbocycles. The molecule has 1 amide bonds. The Morgan fingerprint density at radius 2 is 1.95 bits per heavy atom. The van der Waals surface area contributed by atoms with Crippen molar-refractivity contribution in [2.75, 3.05) is 7.11 Å². The number of carbonyl (C=O) groups is 1. The van der Waals surface area contributed by atoms with E-state index in [1.54, 1.807) is 31.6 Å². The number of hydrogen-bond acceptors (Lipinski definition) is 3. The van der Waals surface area contributed by atoms with Crippen LogP contribution in [0.25, 0.3) is 0 Å². The van der Waals surface area contributed by atoms with E-state index < -0.39 is 0 Å². The second kappa shape index (κ2) is 6.70. The van der Waals surface area contributed by atoms with Crippen LogP contribution in [0.2, 0.25) is 0 Å². The van der Waals surface area contributed by atoms with Crippen LogP contribution in [0.3, 0.4) is 0 Å². The van der Waals surface area contributed by atoms with E-state index in [1.165, 1.54) is 0 Å². The lowest BCUT2D eigenvalue weighted by atomic mass is 10.0. The molecule has 1 aromatic heterocycles. The molecule has 0 fully saturated rings. The molecule has 0 radical (unpaired) electrons. The molecule has 0 aliphatic rings. The summed E-state index contributed by atoms with van der Waals surface area (Å²) < 4.78 is 5.35. The number of amides is 1. The fourth-order valence-electron chi connectivity index (χ4n) is 2.10. The normalized spacial score (nSPS) is 11.7. The van der Waals surface area contributed by atoms with Gasteiger partial charge in [0.1, 0.15) is 5.75 Å². The number of methoxy groups -OCH3 is 1. The molecule has 2 aromatic rings. The third-order valence-corrected chi connectivity index (χ3v) is 3.17. The number of rotatable bonds is 5. The van der Waals surface area contributed by atoms with Crippen molar-refractivity contribution in [3.63, 3.8) is 0 Å². The topological polar surface area (TPSA) is 51.2 Å². The summed E-state index contributed by atoms with van der Waals surface area (Å²) in [5.74, 6) is 0.680. The Bertz CT molecular complexity index is 570. The molecule has 0 bridgehead atoms. The minimum atomic E-state index is -0.106. The zero-order chi connectivity index (χ0) is 14.4. The molecule has 0 saturated heterocycles. The summed E-state index contributed by atoms with van der Waals surface area (Å²) in [6, 6.07) is 11.1. The predicted octanol–water partition coefficient (Wildman–Crippen LogP) is 2.97. The fourth-order valence-corrected chi connectivity index (χ4v) is 2.10. The van der Waals surface area contributed by atoms with E-state index in [-0.39, 0.29) is 11.9 Å². The van der Waals surface area contributed by atoms with Crippen molar-refractivity contribution in [2.24, 2.45) is 0 Å². The molecule has 0 saturated carbocycles. The molecule has 1 N–H and O–H groups in total. The first-order valence-electron chi connectivity index (χ1n) is 6.60. The van der Waals surface area contributed by atoms with Gasteiger partial charge in [-0.1, -0.05) is 25.1 Å². The molecule has 4 heteroatoms. The zero-order valence-electron chi connectivity index (χ0n) is 11.7. The van der Waals surface area contributed by atoms with E-state index in [2.05, 4.69) is 10.3 Å². The maximum atomic E-state index is 12.2. The first-order chi connectivity index (χ1) is 9.76. The Kier molecular flexibility index (Phi) is 4.71. The van der Waals surface area contributed by atoms with Gasteiger partial charge in [0.05, 0.1) is 13.2 Å². The largest absolute Gasteiger partial charge is 0.496 e. The third kappa shape index (κ3) is 3.15. The van der Waals surface area contributed by atoms with E-state index in [9.17, 15) is 4.79 Å². The number of carbonyl (C=O) groups excluding carboxylic acids is 1. The number of nitrogens with one attached hydrogen (secondary N) is 1. The molecular formula is C16H18N2O2. The SMILES string of the molecule is CC[C@H](NC(=O)c1ccncc1)c1ccccc1OC. The van der Waals surface area contributed by atoms with Crippen LogP contribution in [0.4, 0.5) is 0 Å². The van der Waals surface area contributed by atoms with Gasteiger partial charge in [-0.15, -0.1) is 0 Å². The third-order valence-electron chi connectivity index (χ3n) is 3.17. The van der Waals surface area contributed by atoms with Crippen LogP contribution < -0.4 is 10.1 Å². The van der Waals surface area contributed by atoms with Crippen molar-refractivity contribution in [1.29, 1.82) is 0 Å². The summed E-state index contributed by atoms with van der Waals surface area (Å²) >= 11 is 0. The number of pyridine rings is 1. The lowest BCUT2D eigenvalue weighted by Crippen LogP contribution is -2.28. The van der Waals surface area contributed by atoms with Gasteiger partial charge >= 0.3 is 0 Å². The Morgan fingerprint density at radius 3 is 2.60 bits per heavy atom. The molecule has 2 rings (SSSR count). The van der Waals surface area contributed by atoms with Crippen LogP contribution in [-0.4, -0.2) is 18.0 Å². The quantitative estimate of drug-likeness (QED) is 0.908. The highest BCUT2D eigenvalue weighted by Gasteiger charge is 2.17. The number of para-hydroxylation sites is 1. The Hall–Kier alpha value is -2.36. The van der Waals surface area contributed by atoms with Gasteiger partial charge in [-0.2, -0.15) is 0 Å². The highest BCUT2D eigenvalue weighted by molar-refractivity contribution is 5.94. The summed E-state index contributed by atoms with van der Waals surface area (Å²) in [5.41, 5.74) is 1.59. The number of nitrogens with zero attached hydrogens (tertiary/aromatic N) is 1. The summed E-state index contributed by atoms with van der Waals surface area (Å²) in [4.78, 5) is 16.1. The Labute approximate surface area is 118 Å². The molecule has 104 valence electrons. The first-order valence-corrected chi connectivity index (χ1v) is 6.60. The van der Waals surface area contributed by atoms with Gasteiger partial charge in [0, 0.05) is 23.5 Å². The second-order valence-corrected chi connectivity index (χ2v) is 4.41. The maximum absolute atomic E-state index is 12.2. The van der Waals surface area contributed by atoms with Crippen molar-refractivity contribution in [3.8, 4) is 5.75 Å². The maximum Gasteiger partial charge on any atom is 0.251 e. The van der Waals surface area contributed by atoms with Crippen molar-refractivity contribution in [2.45, 2.75) is 19.4 Å². The predicted molar refractivity (Wildman–Crippen MR) is 77.7 cm³/mol. The van der Waals surface area contributed by atoms with Gasteiger partial charge in [0.2, 0.25) is 0 Å². The summed E-state index contributed by atoms with van der Waals surface area (Å²) in [5, 5.41) is 3.03. The Balaban J connectivity index is 2.19. The van der Waals surface area contributed by atoms with Crippen LogP contribution in [-0.2, 0) is 0 Å². The van der Waals surface area contributed by atoms with Gasteiger partial charge in [0.15, 0.2) is 0 Å². The van der Waals surface area contributed by atoms with Crippen molar-refractivity contribution in [3.05, 3.63) is 59.9 Å². The number of hydrogen-bond donors (Lipinski definition) is 1. The number of benzene rings is 1. The van der Waals surface area contributed by atoms with Crippen molar-refractivity contribution in [1.82, 2.24) is 10.3 Å². The molecule has 0 unspecified atom stereocenters. The van der Waals surface area contributed by atoms with E-state index in [0.29, 0.717) is 5.56 Å². The highest BCUT2D eigenvalue weighted by Crippen LogP contribution is 2.26. The molecular weight excluding hydrogens is 252 g/mol. The highest BCUT2D eigenvalue weighted by atomic mass is 16.5. The van der Waals surface area contributed by atoms with E-state index in [0.717, 1.165) is 17.7 Å². The Morgan fingerprint density at radius 1 is 1.25 bits per heavy atom. The average Bonchev–Trinajstić information content (AvgIpc) is 2.53. The van der Waals surface area contributed by atoms with Gasteiger partial charge in [-0.25, -0.2) is 0 Å². The minimum absolute atomic E-state index is 0.0770. The molecule has 0 aliphatic heterocycles. The van der Waals surface area contributed by atoms with Crippen molar-refractivity contribution < 1.29 is 9.53 Å². The van der Waals surface area contributed by atoms with Gasteiger partial charge in [0.25, 0.3) is 5.91 Å². The molecule has 20 heavy (non-hydrogen) atoms. The van der Waals surface area contributed by atoms with Crippen molar-refractivity contribution >= 4 is 5.91 Å². The summed E-state index contributed by atoms with van der Waals surface area (Å²) in [7, 11) is 1.64. The van der Waals surface area contributed by atoms with Crippen LogP contribution in [0.5, 0.6) is 5.75 Å². The smallest absolute Gasteiger partial charge is 0.251 e. The number of aromatic nitrogens is 1. The van der Waals surface area contributed by atoms with Crippen LogP contribution in [0.1, 0.15) is 35.3 Å². The second-order valence-electron chi connectivity index (χ2n) is 4.41. The number of ether oxygens (including phenoxy) is 1. The van der Waals surface area contributed by atoms with Crippen LogP contribution in [0.15, 0.2) is 48.8 Å². The minimum Gasteiger partial charge on any atom is -0.496 e. The standard InChI is InChI=1S/C16H18N2O2/c1-3-14(13-6-4-5-7-15(13)20-2)18-16(19)12-8-10-17-11-9-12/h4-11,14H,3H2,1-2H3,(H,18,19)/t14-/m0/s1. The zero-order valence-corrected chi connectivity index (χ0v) is 11.7. The lowest BCUT2D eigenvalue weighted by Gasteiger charge is -2.19. The molecule has 1 heterocycles. The summed E-state index contributed by atoms with van der Waals surface area (Å²) in [6.45, 7) is 2.03. The first kappa shape index (κ1) is 14.1. The van der Waals surface area contributed by atoms with Gasteiger partial charge in [-0.05, 0) is 24.6 Å². The van der Waals surface area contributed by atoms with Crippen LogP contribution in [0, 0.1) is 0 Å². The monoisotopic (exact) mass is 270 g/mol. The molecule has 0 aliphatic carbocycles. The molecule has 4 nitrogen and oxygen atoms in total. The van der Waals surface area contributed by atoms with E-state index in [4.69, 9.17) is 4.74 Å². The molecule has 1 atom stereocenters. The van der Waals surface area contributed by atoms with E-state index in [1.807, 2.05) is 31.2 Å². The lowest BCUT2D eigenvalue weighted by molar-refractivity contribution is 0.0935. The van der Waals surface area contributed by atoms with Gasteiger partial charge in [-0.3, -0.25) is 9.78 Å². The van der Waals surface area contributed by atoms with Gasteiger partial charge < -0.3 is 10.1 Å². The fraction of sp³-hybridized carbons (Fsp3) is 0.250. The van der Waals surface area contributed by atoms with Crippen LogP contribution >= 0.6 is 0 Å². The average molecular weight is 270 g/mol. The molecule has 0 spiro atoms. The van der Waals surface area contributed by atoms with E-state index >= 15 is 0 Å².